The summed E-state index contributed by atoms with van der Waals surface area (Å²) < 4.78 is 52.4. The molecule has 1 unspecified atom stereocenters. The lowest BCUT2D eigenvalue weighted by atomic mass is 9.75. The molecule has 0 aromatic heterocycles. The van der Waals surface area contributed by atoms with E-state index >= 15 is 0 Å². The van der Waals surface area contributed by atoms with Crippen LogP contribution >= 0.6 is 0 Å². The van der Waals surface area contributed by atoms with Gasteiger partial charge in [-0.3, -0.25) is 9.69 Å². The van der Waals surface area contributed by atoms with Gasteiger partial charge in [0.2, 0.25) is 5.91 Å². The molecular weight excluding hydrogens is 412 g/mol. The predicted octanol–water partition coefficient (Wildman–Crippen LogP) is 3.79. The molecule has 2 N–H and O–H groups in total. The molecule has 1 saturated heterocycles. The summed E-state index contributed by atoms with van der Waals surface area (Å²) in [6.45, 7) is 3.59. The molecule has 0 bridgehead atoms. The Labute approximate surface area is 179 Å². The first-order valence-corrected chi connectivity index (χ1v) is 10.7. The zero-order valence-corrected chi connectivity index (χ0v) is 17.4. The molecular formula is C22H28F4N4O. The van der Waals surface area contributed by atoms with Gasteiger partial charge in [0.25, 0.3) is 0 Å². The van der Waals surface area contributed by atoms with Crippen LogP contribution in [0.25, 0.3) is 0 Å². The summed E-state index contributed by atoms with van der Waals surface area (Å²) in [5.74, 6) is -1.88. The topological polar surface area (TPSA) is 73.4 Å². The monoisotopic (exact) mass is 440 g/mol. The number of anilines is 1. The molecule has 1 aliphatic carbocycles. The van der Waals surface area contributed by atoms with Crippen LogP contribution in [0.3, 0.4) is 0 Å². The van der Waals surface area contributed by atoms with Gasteiger partial charge >= 0.3 is 6.18 Å². The number of hydrogen-bond acceptors (Lipinski definition) is 4. The SMILES string of the molecule is N#CC(C(N)=O)C1CCC(CCN2CCN(c3ccc(F)c(C(F)(F)F)c3)CC2)CC1. The van der Waals surface area contributed by atoms with E-state index in [0.717, 1.165) is 63.9 Å². The molecule has 1 aromatic rings. The van der Waals surface area contributed by atoms with Crippen LogP contribution in [0.1, 0.15) is 37.7 Å². The Bertz CT molecular complexity index is 807. The number of alkyl halides is 3. The molecule has 0 spiro atoms. The average Bonchev–Trinajstić information content (AvgIpc) is 2.73. The van der Waals surface area contributed by atoms with Gasteiger partial charge in [-0.1, -0.05) is 12.8 Å². The Hall–Kier alpha value is -2.34. The number of carbonyl (C=O) groups is 1. The highest BCUT2D eigenvalue weighted by molar-refractivity contribution is 5.79. The van der Waals surface area contributed by atoms with Crippen molar-refractivity contribution in [3.8, 4) is 6.07 Å². The van der Waals surface area contributed by atoms with Crippen molar-refractivity contribution >= 4 is 11.6 Å². The Morgan fingerprint density at radius 2 is 1.81 bits per heavy atom. The van der Waals surface area contributed by atoms with Crippen LogP contribution in [0, 0.1) is 34.9 Å². The van der Waals surface area contributed by atoms with Gasteiger partial charge in [-0.05, 0) is 55.8 Å². The third-order valence-corrected chi connectivity index (χ3v) is 6.65. The third kappa shape index (κ3) is 5.88. The lowest BCUT2D eigenvalue weighted by Gasteiger charge is -2.37. The van der Waals surface area contributed by atoms with Gasteiger partial charge in [-0.25, -0.2) is 4.39 Å². The second kappa shape index (κ2) is 9.86. The highest BCUT2D eigenvalue weighted by Crippen LogP contribution is 2.36. The summed E-state index contributed by atoms with van der Waals surface area (Å²) in [5.41, 5.74) is 4.49. The fourth-order valence-corrected chi connectivity index (χ4v) is 4.73. The quantitative estimate of drug-likeness (QED) is 0.683. The summed E-state index contributed by atoms with van der Waals surface area (Å²) in [5, 5.41) is 9.12. The normalized spacial score (nSPS) is 23.9. The fraction of sp³-hybridized carbons (Fsp3) is 0.636. The largest absolute Gasteiger partial charge is 0.419 e. The first kappa shape index (κ1) is 23.3. The summed E-state index contributed by atoms with van der Waals surface area (Å²) in [4.78, 5) is 15.5. The van der Waals surface area contributed by atoms with Crippen molar-refractivity contribution in [2.75, 3.05) is 37.6 Å². The van der Waals surface area contributed by atoms with E-state index in [4.69, 9.17) is 11.0 Å². The molecule has 170 valence electrons. The molecule has 2 fully saturated rings. The van der Waals surface area contributed by atoms with Crippen molar-refractivity contribution in [1.29, 1.82) is 5.26 Å². The minimum Gasteiger partial charge on any atom is -0.369 e. The Morgan fingerprint density at radius 1 is 1.16 bits per heavy atom. The standard InChI is InChI=1S/C22H28F4N4O/c23-20-6-5-17(13-19(20)22(24,25)26)30-11-9-29(10-12-30)8-7-15-1-3-16(4-2-15)18(14-27)21(28)31/h5-6,13,15-16,18H,1-4,7-12H2,(H2,28,31). The Kier molecular flexibility index (Phi) is 7.42. The molecule has 1 heterocycles. The van der Waals surface area contributed by atoms with Crippen molar-refractivity contribution in [3.05, 3.63) is 29.6 Å². The maximum Gasteiger partial charge on any atom is 0.419 e. The first-order chi connectivity index (χ1) is 14.7. The molecule has 31 heavy (non-hydrogen) atoms. The lowest BCUT2D eigenvalue weighted by molar-refractivity contribution is -0.140. The molecule has 1 aromatic carbocycles. The minimum absolute atomic E-state index is 0.0552. The number of nitrogens with two attached hydrogens (primary N) is 1. The van der Waals surface area contributed by atoms with Crippen LogP contribution in [0.5, 0.6) is 0 Å². The van der Waals surface area contributed by atoms with E-state index in [1.165, 1.54) is 6.07 Å². The van der Waals surface area contributed by atoms with Crippen molar-refractivity contribution in [2.24, 2.45) is 23.5 Å². The van der Waals surface area contributed by atoms with Crippen LogP contribution in [0.4, 0.5) is 23.2 Å². The summed E-state index contributed by atoms with van der Waals surface area (Å²) in [7, 11) is 0. The van der Waals surface area contributed by atoms with E-state index in [-0.39, 0.29) is 5.92 Å². The molecule has 9 heteroatoms. The van der Waals surface area contributed by atoms with Crippen LogP contribution in [-0.2, 0) is 11.0 Å². The number of rotatable bonds is 6. The molecule has 1 saturated carbocycles. The second-order valence-corrected chi connectivity index (χ2v) is 8.57. The lowest BCUT2D eigenvalue weighted by Crippen LogP contribution is -2.47. The Morgan fingerprint density at radius 3 is 2.35 bits per heavy atom. The van der Waals surface area contributed by atoms with Crippen LogP contribution < -0.4 is 10.6 Å². The average molecular weight is 440 g/mol. The number of benzene rings is 1. The molecule has 3 rings (SSSR count). The van der Waals surface area contributed by atoms with Crippen molar-refractivity contribution in [2.45, 2.75) is 38.3 Å². The zero-order chi connectivity index (χ0) is 22.6. The Balaban J connectivity index is 1.44. The number of carbonyl (C=O) groups excluding carboxylic acids is 1. The van der Waals surface area contributed by atoms with Gasteiger partial charge in [-0.15, -0.1) is 0 Å². The molecule has 1 aliphatic heterocycles. The smallest absolute Gasteiger partial charge is 0.369 e. The van der Waals surface area contributed by atoms with E-state index in [1.807, 2.05) is 11.0 Å². The molecule has 0 radical (unpaired) electrons. The first-order valence-electron chi connectivity index (χ1n) is 10.7. The fourth-order valence-electron chi connectivity index (χ4n) is 4.73. The molecule has 1 amide bonds. The second-order valence-electron chi connectivity index (χ2n) is 8.57. The molecule has 5 nitrogen and oxygen atoms in total. The van der Waals surface area contributed by atoms with Gasteiger partial charge < -0.3 is 10.6 Å². The van der Waals surface area contributed by atoms with Gasteiger partial charge in [0, 0.05) is 31.9 Å². The van der Waals surface area contributed by atoms with E-state index in [2.05, 4.69) is 4.90 Å². The summed E-state index contributed by atoms with van der Waals surface area (Å²) in [6, 6.07) is 5.21. The molecule has 2 aliphatic rings. The van der Waals surface area contributed by atoms with Crippen LogP contribution in [0.2, 0.25) is 0 Å². The number of nitrogens with zero attached hydrogens (tertiary/aromatic N) is 3. The maximum absolute atomic E-state index is 13.5. The van der Waals surface area contributed by atoms with E-state index in [0.29, 0.717) is 24.7 Å². The number of primary amides is 1. The highest BCUT2D eigenvalue weighted by atomic mass is 19.4. The third-order valence-electron chi connectivity index (χ3n) is 6.65. The van der Waals surface area contributed by atoms with Gasteiger partial charge in [0.15, 0.2) is 0 Å². The highest BCUT2D eigenvalue weighted by Gasteiger charge is 2.35. The van der Waals surface area contributed by atoms with E-state index in [1.54, 1.807) is 0 Å². The van der Waals surface area contributed by atoms with Crippen molar-refractivity contribution in [1.82, 2.24) is 4.90 Å². The number of nitriles is 1. The number of amides is 1. The predicted molar refractivity (Wildman–Crippen MR) is 108 cm³/mol. The van der Waals surface area contributed by atoms with E-state index in [9.17, 15) is 22.4 Å². The summed E-state index contributed by atoms with van der Waals surface area (Å²) >= 11 is 0. The number of hydrogen-bond donors (Lipinski definition) is 1. The summed E-state index contributed by atoms with van der Waals surface area (Å²) in [6.07, 6.45) is -0.0455. The van der Waals surface area contributed by atoms with Gasteiger partial charge in [0.05, 0.1) is 11.6 Å². The van der Waals surface area contributed by atoms with Crippen LogP contribution in [-0.4, -0.2) is 43.5 Å². The van der Waals surface area contributed by atoms with E-state index < -0.39 is 29.4 Å². The van der Waals surface area contributed by atoms with Gasteiger partial charge in [-0.2, -0.15) is 18.4 Å². The molecule has 1 atom stereocenters. The minimum atomic E-state index is -4.70. The van der Waals surface area contributed by atoms with Crippen molar-refractivity contribution in [3.63, 3.8) is 0 Å². The van der Waals surface area contributed by atoms with Crippen molar-refractivity contribution < 1.29 is 22.4 Å². The van der Waals surface area contributed by atoms with Gasteiger partial charge in [0.1, 0.15) is 11.7 Å². The van der Waals surface area contributed by atoms with Crippen LogP contribution in [0.15, 0.2) is 18.2 Å². The number of piperazine rings is 1. The maximum atomic E-state index is 13.5. The zero-order valence-electron chi connectivity index (χ0n) is 17.4. The number of halogens is 4.